The molecule has 3 rings (SSSR count). The van der Waals surface area contributed by atoms with Crippen LogP contribution in [-0.4, -0.2) is 59.9 Å². The van der Waals surface area contributed by atoms with Crippen LogP contribution in [0, 0.1) is 11.8 Å². The molecule has 0 saturated carbocycles. The van der Waals surface area contributed by atoms with E-state index in [2.05, 4.69) is 21.3 Å². The van der Waals surface area contributed by atoms with E-state index in [4.69, 9.17) is 4.74 Å². The molecule has 1 aliphatic rings. The van der Waals surface area contributed by atoms with Gasteiger partial charge in [-0.2, -0.15) is 0 Å². The van der Waals surface area contributed by atoms with Crippen LogP contribution >= 0.6 is 0 Å². The van der Waals surface area contributed by atoms with Gasteiger partial charge in [-0.3, -0.25) is 19.2 Å². The van der Waals surface area contributed by atoms with Crippen LogP contribution < -0.4 is 21.3 Å². The van der Waals surface area contributed by atoms with Gasteiger partial charge < -0.3 is 26.0 Å². The van der Waals surface area contributed by atoms with Gasteiger partial charge in [-0.1, -0.05) is 88.4 Å². The van der Waals surface area contributed by atoms with Gasteiger partial charge in [-0.05, 0) is 42.7 Å². The smallest absolute Gasteiger partial charge is 0.329 e. The molecule has 0 unspecified atom stereocenters. The molecule has 0 radical (unpaired) electrons. The Kier molecular flexibility index (Phi) is 12.3. The fourth-order valence-electron chi connectivity index (χ4n) is 4.92. The lowest BCUT2D eigenvalue weighted by atomic mass is 9.98. The Bertz CT molecular complexity index is 1200. The monoisotopic (exact) mass is 592 g/mol. The van der Waals surface area contributed by atoms with Gasteiger partial charge in [0.1, 0.15) is 24.2 Å². The maximum absolute atomic E-state index is 13.6. The Morgan fingerprint density at radius 2 is 0.930 bits per heavy atom. The highest BCUT2D eigenvalue weighted by Crippen LogP contribution is 2.13. The molecule has 0 aliphatic carbocycles. The van der Waals surface area contributed by atoms with Gasteiger partial charge in [-0.15, -0.1) is 0 Å². The Hall–Kier alpha value is -4.21. The first-order chi connectivity index (χ1) is 20.4. The molecule has 0 bridgehead atoms. The van der Waals surface area contributed by atoms with Crippen LogP contribution in [0.4, 0.5) is 0 Å². The molecule has 1 saturated heterocycles. The van der Waals surface area contributed by atoms with Gasteiger partial charge >= 0.3 is 5.97 Å². The van der Waals surface area contributed by atoms with E-state index in [0.29, 0.717) is 12.8 Å². The average molecular weight is 593 g/mol. The van der Waals surface area contributed by atoms with Gasteiger partial charge in [0.25, 0.3) is 5.91 Å². The molecule has 232 valence electrons. The van der Waals surface area contributed by atoms with E-state index in [1.807, 2.05) is 88.4 Å². The summed E-state index contributed by atoms with van der Waals surface area (Å²) in [6.45, 7) is 9.11. The summed E-state index contributed by atoms with van der Waals surface area (Å²) in [5, 5.41) is 11.1. The molecular weight excluding hydrogens is 548 g/mol. The molecule has 1 fully saturated rings. The van der Waals surface area contributed by atoms with E-state index in [0.717, 1.165) is 11.1 Å². The quantitative estimate of drug-likeness (QED) is 0.347. The Balaban J connectivity index is 2.00. The summed E-state index contributed by atoms with van der Waals surface area (Å²) in [6, 6.07) is 14.2. The highest BCUT2D eigenvalue weighted by atomic mass is 16.5. The van der Waals surface area contributed by atoms with Crippen LogP contribution in [0.2, 0.25) is 0 Å². The van der Waals surface area contributed by atoms with Gasteiger partial charge in [0, 0.05) is 12.8 Å². The zero-order chi connectivity index (χ0) is 31.5. The summed E-state index contributed by atoms with van der Waals surface area (Å²) < 4.78 is 5.53. The van der Waals surface area contributed by atoms with Crippen LogP contribution in [0.5, 0.6) is 0 Å². The molecule has 1 heterocycles. The number of nitrogens with one attached hydrogen (secondary N) is 4. The van der Waals surface area contributed by atoms with Crippen LogP contribution in [0.25, 0.3) is 0 Å². The third-order valence-corrected chi connectivity index (χ3v) is 7.14. The van der Waals surface area contributed by atoms with E-state index in [-0.39, 0.29) is 24.7 Å². The molecule has 2 aromatic carbocycles. The number of carbonyl (C=O) groups is 5. The van der Waals surface area contributed by atoms with Crippen LogP contribution in [0.1, 0.15) is 58.6 Å². The number of amides is 4. The largest absolute Gasteiger partial charge is 0.451 e. The van der Waals surface area contributed by atoms with Gasteiger partial charge in [0.2, 0.25) is 17.7 Å². The summed E-state index contributed by atoms with van der Waals surface area (Å²) in [7, 11) is 0. The van der Waals surface area contributed by atoms with Crippen molar-refractivity contribution in [1.82, 2.24) is 21.3 Å². The van der Waals surface area contributed by atoms with Crippen molar-refractivity contribution in [3.8, 4) is 0 Å². The number of hydrogen-bond acceptors (Lipinski definition) is 6. The van der Waals surface area contributed by atoms with Crippen molar-refractivity contribution in [2.45, 2.75) is 90.6 Å². The molecule has 1 aliphatic heterocycles. The minimum atomic E-state index is -1.25. The molecule has 10 heteroatoms. The van der Waals surface area contributed by atoms with Crippen molar-refractivity contribution in [2.75, 3.05) is 0 Å². The first kappa shape index (κ1) is 33.3. The molecular formula is C33H44N4O6. The SMILES string of the molecule is CC(C)C[C@@H]1NC(=O)[C@@H](CC(C)C)NC(=O)[C@H](Cc2ccccc2)NC(=O)[C@H](C)OC(=O)[C@H](Cc2ccccc2)NC1=O. The first-order valence-electron chi connectivity index (χ1n) is 14.9. The van der Waals surface area contributed by atoms with E-state index in [1.165, 1.54) is 6.92 Å². The predicted molar refractivity (Wildman–Crippen MR) is 162 cm³/mol. The molecule has 4 amide bonds. The van der Waals surface area contributed by atoms with Crippen LogP contribution in [0.15, 0.2) is 60.7 Å². The zero-order valence-electron chi connectivity index (χ0n) is 25.6. The van der Waals surface area contributed by atoms with Crippen molar-refractivity contribution >= 4 is 29.6 Å². The van der Waals surface area contributed by atoms with Crippen molar-refractivity contribution in [2.24, 2.45) is 11.8 Å². The molecule has 5 atom stereocenters. The third kappa shape index (κ3) is 10.5. The fraction of sp³-hybridized carbons (Fsp3) is 0.485. The fourth-order valence-corrected chi connectivity index (χ4v) is 4.92. The number of carbonyl (C=O) groups excluding carboxylic acids is 5. The minimum absolute atomic E-state index is 0.0351. The average Bonchev–Trinajstić information content (AvgIpc) is 2.95. The van der Waals surface area contributed by atoms with E-state index in [1.54, 1.807) is 0 Å². The minimum Gasteiger partial charge on any atom is -0.451 e. The van der Waals surface area contributed by atoms with Crippen LogP contribution in [0.3, 0.4) is 0 Å². The standard InChI is InChI=1S/C33H44N4O6/c1-20(2)16-25-30(39)35-26(17-21(3)4)31(40)37-28(19-24-14-10-7-11-15-24)33(42)43-22(5)29(38)34-27(32(41)36-25)18-23-12-8-6-9-13-23/h6-15,20-22,25-28H,16-19H2,1-5H3,(H,34,38)(H,35,39)(H,36,41)(H,37,40)/t22-,25+,26-,27-,28-/m0/s1. The van der Waals surface area contributed by atoms with E-state index < -0.39 is 59.9 Å². The Labute approximate surface area is 253 Å². The highest BCUT2D eigenvalue weighted by Gasteiger charge is 2.35. The summed E-state index contributed by atoms with van der Waals surface area (Å²) in [5.74, 6) is -3.02. The molecule has 0 aromatic heterocycles. The maximum Gasteiger partial charge on any atom is 0.329 e. The van der Waals surface area contributed by atoms with E-state index >= 15 is 0 Å². The number of hydrogen-bond donors (Lipinski definition) is 4. The second-order valence-corrected chi connectivity index (χ2v) is 12.0. The number of benzene rings is 2. The summed E-state index contributed by atoms with van der Waals surface area (Å²) in [5.41, 5.74) is 1.57. The van der Waals surface area contributed by atoms with Crippen molar-refractivity contribution in [3.63, 3.8) is 0 Å². The van der Waals surface area contributed by atoms with Gasteiger partial charge in [0.05, 0.1) is 0 Å². The topological polar surface area (TPSA) is 143 Å². The number of ether oxygens (including phenoxy) is 1. The Morgan fingerprint density at radius 3 is 1.37 bits per heavy atom. The summed E-state index contributed by atoms with van der Waals surface area (Å²) in [6.07, 6.45) is -0.360. The lowest BCUT2D eigenvalue weighted by Gasteiger charge is -2.27. The normalized spacial score (nSPS) is 24.3. The third-order valence-electron chi connectivity index (χ3n) is 7.14. The van der Waals surface area contributed by atoms with Gasteiger partial charge in [0.15, 0.2) is 6.10 Å². The van der Waals surface area contributed by atoms with Gasteiger partial charge in [-0.25, -0.2) is 4.79 Å². The Morgan fingerprint density at radius 1 is 0.558 bits per heavy atom. The first-order valence-corrected chi connectivity index (χ1v) is 14.9. The second kappa shape index (κ2) is 15.9. The van der Waals surface area contributed by atoms with Crippen LogP contribution in [-0.2, 0) is 41.6 Å². The number of esters is 1. The highest BCUT2D eigenvalue weighted by molar-refractivity contribution is 5.96. The van der Waals surface area contributed by atoms with Crippen molar-refractivity contribution in [1.29, 1.82) is 0 Å². The van der Waals surface area contributed by atoms with E-state index in [9.17, 15) is 24.0 Å². The lowest BCUT2D eigenvalue weighted by Crippen LogP contribution is -2.58. The number of cyclic esters (lactones) is 1. The maximum atomic E-state index is 13.6. The summed E-state index contributed by atoms with van der Waals surface area (Å²) in [4.78, 5) is 67.4. The van der Waals surface area contributed by atoms with Crippen molar-refractivity contribution in [3.05, 3.63) is 71.8 Å². The zero-order valence-corrected chi connectivity index (χ0v) is 25.6. The molecule has 0 spiro atoms. The molecule has 4 N–H and O–H groups in total. The van der Waals surface area contributed by atoms with Crippen molar-refractivity contribution < 1.29 is 28.7 Å². The summed E-state index contributed by atoms with van der Waals surface area (Å²) >= 11 is 0. The number of rotatable bonds is 8. The second-order valence-electron chi connectivity index (χ2n) is 12.0. The molecule has 2 aromatic rings. The molecule has 10 nitrogen and oxygen atoms in total. The lowest BCUT2D eigenvalue weighted by molar-refractivity contribution is -0.158. The molecule has 43 heavy (non-hydrogen) atoms. The predicted octanol–water partition coefficient (Wildman–Crippen LogP) is 2.45.